The van der Waals surface area contributed by atoms with Crippen LogP contribution >= 0.6 is 11.3 Å². The lowest BCUT2D eigenvalue weighted by Crippen LogP contribution is -2.15. The number of nitrogens with one attached hydrogen (secondary N) is 2. The van der Waals surface area contributed by atoms with E-state index in [-0.39, 0.29) is 11.6 Å². The van der Waals surface area contributed by atoms with Crippen LogP contribution in [0, 0.1) is 26.6 Å². The minimum absolute atomic E-state index is 0.0216. The summed E-state index contributed by atoms with van der Waals surface area (Å²) in [5.41, 5.74) is 1.27. The molecule has 0 radical (unpaired) electrons. The van der Waals surface area contributed by atoms with Gasteiger partial charge in [0.1, 0.15) is 11.6 Å². The summed E-state index contributed by atoms with van der Waals surface area (Å²) in [6.45, 7) is 5.45. The maximum Gasteiger partial charge on any atom is 0.259 e. The number of benzene rings is 1. The van der Waals surface area contributed by atoms with Crippen LogP contribution in [0.4, 0.5) is 15.8 Å². The first-order chi connectivity index (χ1) is 12.3. The molecule has 0 aliphatic heterocycles. The molecule has 3 rings (SSSR count). The predicted molar refractivity (Wildman–Crippen MR) is 99.5 cm³/mol. The first-order valence-electron chi connectivity index (χ1n) is 7.88. The Morgan fingerprint density at radius 1 is 1.00 bits per heavy atom. The Balaban J connectivity index is 1.79. The first-order valence-corrected chi connectivity index (χ1v) is 8.70. The second kappa shape index (κ2) is 7.13. The molecule has 0 atom stereocenters. The zero-order valence-corrected chi connectivity index (χ0v) is 15.3. The van der Waals surface area contributed by atoms with Gasteiger partial charge in [-0.2, -0.15) is 0 Å². The van der Waals surface area contributed by atoms with Crippen molar-refractivity contribution in [3.63, 3.8) is 0 Å². The van der Waals surface area contributed by atoms with E-state index < -0.39 is 11.7 Å². The summed E-state index contributed by atoms with van der Waals surface area (Å²) < 4.78 is 19.1. The van der Waals surface area contributed by atoms with Crippen LogP contribution in [0.15, 0.2) is 41.0 Å². The first kappa shape index (κ1) is 17.9. The average molecular weight is 372 g/mol. The van der Waals surface area contributed by atoms with Crippen molar-refractivity contribution in [3.8, 4) is 0 Å². The summed E-state index contributed by atoms with van der Waals surface area (Å²) in [4.78, 5) is 26.6. The molecule has 0 spiro atoms. The van der Waals surface area contributed by atoms with E-state index >= 15 is 0 Å². The summed E-state index contributed by atoms with van der Waals surface area (Å²) in [7, 11) is 0. The SMILES string of the molecule is Cc1cc(C(=O)Nc2ccc(F)c(NC(=O)c3ccoc3C)c2)c(C)s1. The molecule has 26 heavy (non-hydrogen) atoms. The van der Waals surface area contributed by atoms with Crippen molar-refractivity contribution in [1.82, 2.24) is 0 Å². The highest BCUT2D eigenvalue weighted by Crippen LogP contribution is 2.24. The van der Waals surface area contributed by atoms with Crippen LogP contribution in [-0.2, 0) is 0 Å². The van der Waals surface area contributed by atoms with Gasteiger partial charge in [0.05, 0.1) is 23.1 Å². The van der Waals surface area contributed by atoms with E-state index in [1.807, 2.05) is 19.9 Å². The molecule has 0 fully saturated rings. The Kier molecular flexibility index (Phi) is 4.90. The smallest absolute Gasteiger partial charge is 0.259 e. The fourth-order valence-corrected chi connectivity index (χ4v) is 3.48. The van der Waals surface area contributed by atoms with Crippen LogP contribution in [0.1, 0.15) is 36.2 Å². The van der Waals surface area contributed by atoms with Crippen molar-refractivity contribution in [2.24, 2.45) is 0 Å². The van der Waals surface area contributed by atoms with Gasteiger partial charge in [0.25, 0.3) is 11.8 Å². The van der Waals surface area contributed by atoms with Gasteiger partial charge in [0.2, 0.25) is 0 Å². The normalized spacial score (nSPS) is 10.6. The molecule has 2 heterocycles. The second-order valence-electron chi connectivity index (χ2n) is 5.82. The zero-order chi connectivity index (χ0) is 18.8. The van der Waals surface area contributed by atoms with Gasteiger partial charge >= 0.3 is 0 Å². The summed E-state index contributed by atoms with van der Waals surface area (Å²) in [6, 6.07) is 7.34. The lowest BCUT2D eigenvalue weighted by atomic mass is 10.2. The molecule has 7 heteroatoms. The number of hydrogen-bond acceptors (Lipinski definition) is 4. The minimum Gasteiger partial charge on any atom is -0.469 e. The van der Waals surface area contributed by atoms with Crippen LogP contribution in [0.2, 0.25) is 0 Å². The maximum absolute atomic E-state index is 14.1. The number of anilines is 2. The van der Waals surface area contributed by atoms with E-state index in [0.29, 0.717) is 22.6 Å². The van der Waals surface area contributed by atoms with E-state index in [1.54, 1.807) is 6.92 Å². The highest BCUT2D eigenvalue weighted by atomic mass is 32.1. The van der Waals surface area contributed by atoms with Gasteiger partial charge in [-0.3, -0.25) is 9.59 Å². The minimum atomic E-state index is -0.597. The standard InChI is InChI=1S/C19H17FN2O3S/c1-10-8-15(12(3)26-10)19(24)21-13-4-5-16(20)17(9-13)22-18(23)14-6-7-25-11(14)2/h4-9H,1-3H3,(H,21,24)(H,22,23). The van der Waals surface area contributed by atoms with Gasteiger partial charge in [-0.15, -0.1) is 11.3 Å². The molecule has 0 aliphatic carbocycles. The molecule has 1 aromatic carbocycles. The van der Waals surface area contributed by atoms with Crippen molar-refractivity contribution >= 4 is 34.5 Å². The quantitative estimate of drug-likeness (QED) is 0.683. The monoisotopic (exact) mass is 372 g/mol. The number of aryl methyl sites for hydroxylation is 3. The largest absolute Gasteiger partial charge is 0.469 e. The van der Waals surface area contributed by atoms with Crippen LogP contribution < -0.4 is 10.6 Å². The molecular formula is C19H17FN2O3S. The number of furan rings is 1. The Morgan fingerprint density at radius 2 is 1.73 bits per heavy atom. The number of hydrogen-bond donors (Lipinski definition) is 2. The average Bonchev–Trinajstić information content (AvgIpc) is 3.15. The molecule has 2 aromatic heterocycles. The molecular weight excluding hydrogens is 355 g/mol. The van der Waals surface area contributed by atoms with E-state index in [4.69, 9.17) is 4.42 Å². The van der Waals surface area contributed by atoms with Crippen molar-refractivity contribution in [2.75, 3.05) is 10.6 Å². The van der Waals surface area contributed by atoms with Crippen LogP contribution in [0.25, 0.3) is 0 Å². The molecule has 0 unspecified atom stereocenters. The predicted octanol–water partition coefficient (Wildman–Crippen LogP) is 4.91. The fourth-order valence-electron chi connectivity index (χ4n) is 2.56. The third-order valence-corrected chi connectivity index (χ3v) is 4.83. The van der Waals surface area contributed by atoms with Gasteiger partial charge < -0.3 is 15.1 Å². The Morgan fingerprint density at radius 3 is 2.35 bits per heavy atom. The molecule has 2 amide bonds. The topological polar surface area (TPSA) is 71.3 Å². The lowest BCUT2D eigenvalue weighted by molar-refractivity contribution is 0.101. The molecule has 5 nitrogen and oxygen atoms in total. The van der Waals surface area contributed by atoms with Gasteiger partial charge in [-0.1, -0.05) is 0 Å². The molecule has 0 bridgehead atoms. The Bertz CT molecular complexity index is 991. The summed E-state index contributed by atoms with van der Waals surface area (Å²) in [6.07, 6.45) is 1.39. The number of carbonyl (C=O) groups is 2. The zero-order valence-electron chi connectivity index (χ0n) is 14.5. The number of rotatable bonds is 4. The number of halogens is 1. The van der Waals surface area contributed by atoms with Crippen LogP contribution in [0.3, 0.4) is 0 Å². The summed E-state index contributed by atoms with van der Waals surface area (Å²) in [5.74, 6) is -0.917. The number of thiophene rings is 1. The second-order valence-corrected chi connectivity index (χ2v) is 7.28. The van der Waals surface area contributed by atoms with Gasteiger partial charge in [-0.25, -0.2) is 4.39 Å². The van der Waals surface area contributed by atoms with Gasteiger partial charge in [-0.05, 0) is 51.1 Å². The molecule has 0 aliphatic rings. The van der Waals surface area contributed by atoms with E-state index in [2.05, 4.69) is 10.6 Å². The van der Waals surface area contributed by atoms with E-state index in [0.717, 1.165) is 9.75 Å². The molecule has 134 valence electrons. The van der Waals surface area contributed by atoms with Crippen LogP contribution in [0.5, 0.6) is 0 Å². The van der Waals surface area contributed by atoms with Gasteiger partial charge in [0, 0.05) is 15.4 Å². The summed E-state index contributed by atoms with van der Waals surface area (Å²) >= 11 is 1.54. The lowest BCUT2D eigenvalue weighted by Gasteiger charge is -2.10. The fraction of sp³-hybridized carbons (Fsp3) is 0.158. The van der Waals surface area contributed by atoms with Crippen molar-refractivity contribution in [2.45, 2.75) is 20.8 Å². The van der Waals surface area contributed by atoms with Crippen molar-refractivity contribution < 1.29 is 18.4 Å². The molecule has 2 N–H and O–H groups in total. The van der Waals surface area contributed by atoms with Crippen LogP contribution in [-0.4, -0.2) is 11.8 Å². The number of carbonyl (C=O) groups excluding carboxylic acids is 2. The molecule has 3 aromatic rings. The molecule has 0 saturated carbocycles. The van der Waals surface area contributed by atoms with E-state index in [9.17, 15) is 14.0 Å². The third kappa shape index (κ3) is 3.67. The third-order valence-electron chi connectivity index (χ3n) is 3.86. The van der Waals surface area contributed by atoms with Crippen molar-refractivity contribution in [3.05, 3.63) is 69.1 Å². The van der Waals surface area contributed by atoms with E-state index in [1.165, 1.54) is 41.9 Å². The number of amides is 2. The molecule has 0 saturated heterocycles. The Labute approximate surface area is 153 Å². The highest BCUT2D eigenvalue weighted by molar-refractivity contribution is 7.12. The Hall–Kier alpha value is -2.93. The highest BCUT2D eigenvalue weighted by Gasteiger charge is 2.16. The van der Waals surface area contributed by atoms with Gasteiger partial charge in [0.15, 0.2) is 0 Å². The van der Waals surface area contributed by atoms with Crippen molar-refractivity contribution in [1.29, 1.82) is 0 Å². The summed E-state index contributed by atoms with van der Waals surface area (Å²) in [5, 5.41) is 5.23. The maximum atomic E-state index is 14.1.